The maximum Gasteiger partial charge on any atom is 0.136 e. The highest BCUT2D eigenvalue weighted by Gasteiger charge is 2.18. The van der Waals surface area contributed by atoms with Crippen LogP contribution < -0.4 is 0 Å². The lowest BCUT2D eigenvalue weighted by Crippen LogP contribution is -1.91. The Labute approximate surface area is 301 Å². The summed E-state index contributed by atoms with van der Waals surface area (Å²) in [5.41, 5.74) is -7.46. The Morgan fingerprint density at radius 2 is 0.667 bits per heavy atom. The van der Waals surface area contributed by atoms with Crippen LogP contribution in [-0.2, 0) is 0 Å². The van der Waals surface area contributed by atoms with Crippen LogP contribution in [0.15, 0.2) is 174 Å². The van der Waals surface area contributed by atoms with Gasteiger partial charge in [-0.2, -0.15) is 0 Å². The molecule has 0 saturated heterocycles. The Balaban J connectivity index is 1.54. The average molecular weight is 601 g/mol. The third-order valence-corrected chi connectivity index (χ3v) is 7.01. The van der Waals surface area contributed by atoms with Crippen LogP contribution >= 0.6 is 0 Å². The van der Waals surface area contributed by atoms with Crippen molar-refractivity contribution in [3.63, 3.8) is 0 Å². The lowest BCUT2D eigenvalue weighted by molar-refractivity contribution is 0.669. The first-order chi connectivity index (χ1) is 34.0. The van der Waals surface area contributed by atoms with E-state index >= 15 is 0 Å². The van der Waals surface area contributed by atoms with E-state index in [1.54, 1.807) is 0 Å². The summed E-state index contributed by atoms with van der Waals surface area (Å²) in [6.07, 6.45) is 0. The lowest BCUT2D eigenvalue weighted by Gasteiger charge is -2.18. The Hall–Kier alpha value is -5.92. The molecule has 0 saturated carbocycles. The van der Waals surface area contributed by atoms with E-state index in [0.29, 0.717) is 0 Å². The van der Waals surface area contributed by atoms with Crippen molar-refractivity contribution in [3.8, 4) is 44.5 Å². The van der Waals surface area contributed by atoms with Crippen LogP contribution in [0.1, 0.15) is 38.4 Å². The molecule has 0 unspecified atom stereocenters. The second-order valence-corrected chi connectivity index (χ2v) is 9.51. The highest BCUT2D eigenvalue weighted by molar-refractivity contribution is 6.22. The molecular formula is C44H28O. The molecule has 9 aromatic rings. The third-order valence-electron chi connectivity index (χ3n) is 7.01. The summed E-state index contributed by atoms with van der Waals surface area (Å²) in [7, 11) is 0. The number of fused-ring (bicyclic) bond motifs is 5. The topological polar surface area (TPSA) is 13.1 Å². The fourth-order valence-corrected chi connectivity index (χ4v) is 5.10. The van der Waals surface area contributed by atoms with Gasteiger partial charge >= 0.3 is 0 Å². The van der Waals surface area contributed by atoms with Gasteiger partial charge in [0.05, 0.1) is 38.4 Å². The molecular weight excluding hydrogens is 544 g/mol. The quantitative estimate of drug-likeness (QED) is 0.183. The largest absolute Gasteiger partial charge is 0.456 e. The van der Waals surface area contributed by atoms with E-state index < -0.39 is 257 Å². The molecule has 0 radical (unpaired) electrons. The van der Waals surface area contributed by atoms with Gasteiger partial charge in [-0.3, -0.25) is 0 Å². The third kappa shape index (κ3) is 4.24. The molecule has 210 valence electrons. The molecule has 1 heterocycles. The molecule has 1 aromatic heterocycles. The minimum atomic E-state index is -1.05. The van der Waals surface area contributed by atoms with Crippen molar-refractivity contribution in [2.75, 3.05) is 0 Å². The molecule has 0 amide bonds. The zero-order valence-corrected chi connectivity index (χ0v) is 22.4. The Kier molecular flexibility index (Phi) is 2.32. The zero-order valence-electron chi connectivity index (χ0n) is 50.4. The normalized spacial score (nSPS) is 20.3. The smallest absolute Gasteiger partial charge is 0.136 e. The van der Waals surface area contributed by atoms with Crippen molar-refractivity contribution in [1.29, 1.82) is 0 Å². The fourth-order valence-electron chi connectivity index (χ4n) is 5.10. The highest BCUT2D eigenvalue weighted by Crippen LogP contribution is 2.45. The summed E-state index contributed by atoms with van der Waals surface area (Å²) >= 11 is 0. The summed E-state index contributed by atoms with van der Waals surface area (Å²) in [5.74, 6) is 0. The fraction of sp³-hybridized carbons (Fsp3) is 0. The van der Waals surface area contributed by atoms with Crippen molar-refractivity contribution in [3.05, 3.63) is 169 Å². The first-order valence-corrected chi connectivity index (χ1v) is 13.2. The lowest BCUT2D eigenvalue weighted by atomic mass is 9.85. The number of hydrogen-bond donors (Lipinski definition) is 0. The number of benzene rings is 8. The number of rotatable bonds is 4. The van der Waals surface area contributed by atoms with Gasteiger partial charge in [-0.25, -0.2) is 0 Å². The molecule has 0 bridgehead atoms. The summed E-state index contributed by atoms with van der Waals surface area (Å²) in [5, 5.41) is -4.05. The average Bonchev–Trinajstić information content (AvgIpc) is 3.77. The Morgan fingerprint density at radius 3 is 1.20 bits per heavy atom. The summed E-state index contributed by atoms with van der Waals surface area (Å²) in [4.78, 5) is 0. The molecule has 0 aliphatic carbocycles. The molecule has 9 rings (SSSR count). The van der Waals surface area contributed by atoms with E-state index in [4.69, 9.17) is 29.1 Å². The molecule has 0 spiro atoms. The van der Waals surface area contributed by atoms with Gasteiger partial charge in [0.15, 0.2) is 0 Å². The van der Waals surface area contributed by atoms with Gasteiger partial charge in [0.25, 0.3) is 0 Å². The maximum atomic E-state index is 9.68. The van der Waals surface area contributed by atoms with Gasteiger partial charge in [-0.15, -0.1) is 0 Å². The van der Waals surface area contributed by atoms with Crippen LogP contribution in [0.2, 0.25) is 0 Å². The second kappa shape index (κ2) is 10.4. The van der Waals surface area contributed by atoms with Gasteiger partial charge in [0.1, 0.15) is 11.2 Å². The maximum absolute atomic E-state index is 9.68. The predicted octanol–water partition coefficient (Wildman–Crippen LogP) is 12.6. The molecule has 0 atom stereocenters. The molecule has 0 aliphatic heterocycles. The van der Waals surface area contributed by atoms with Gasteiger partial charge in [0.2, 0.25) is 0 Å². The first-order valence-electron chi connectivity index (χ1n) is 27.2. The summed E-state index contributed by atoms with van der Waals surface area (Å²) in [6, 6.07) is -26.3. The first kappa shape index (κ1) is 10.1. The van der Waals surface area contributed by atoms with Crippen LogP contribution in [0.25, 0.3) is 88.0 Å². The molecule has 0 fully saturated rings. The van der Waals surface area contributed by atoms with Crippen molar-refractivity contribution in [1.82, 2.24) is 0 Å². The van der Waals surface area contributed by atoms with Gasteiger partial charge in [-0.05, 0) is 96.3 Å². The second-order valence-electron chi connectivity index (χ2n) is 9.51. The number of furan rings is 1. The molecule has 45 heavy (non-hydrogen) atoms. The molecule has 0 N–H and O–H groups in total. The van der Waals surface area contributed by atoms with Crippen molar-refractivity contribution >= 4 is 43.5 Å². The van der Waals surface area contributed by atoms with Crippen LogP contribution in [0, 0.1) is 0 Å². The van der Waals surface area contributed by atoms with Gasteiger partial charge < -0.3 is 4.42 Å². The van der Waals surface area contributed by atoms with E-state index in [-0.39, 0.29) is 0 Å². The SMILES string of the molecule is [2H]c1c([2H])c([2H])c(-c2c([2H])c([2H])c([2H])c(-c3c4c([2H])c([2H])c([2H])c([2H])c4c(-c4c([2H])c([2H])c5c(oc6c([2H])c(-c7c([2H])c([2H])c([2H])c([2H])c7[2H])c([2H])c([2H])c65)c4[2H])c4c([2H])c([2H])c([2H])c([2H])c34)c2[2H])c([2H])c1[2H]. The Morgan fingerprint density at radius 1 is 0.289 bits per heavy atom. The van der Waals surface area contributed by atoms with Crippen LogP contribution in [0.3, 0.4) is 0 Å². The standard InChI is InChI=1S/C44H28O/c1-3-12-29(13-4-1)31-16-11-17-33(26-31)43-37-18-7-9-20-39(37)44(40-21-10-8-19-38(40)43)34-23-25-36-35-24-22-32(30-14-5-2-6-15-30)27-41(35)45-42(36)28-34/h1-28H/i1D,2D,3D,4D,5D,6D,7D,8D,9D,10D,11D,12D,13D,14D,15D,16D,17D,18D,19D,20D,21D,22D,23D,24D,25D,26D,27D,28D. The molecule has 1 heteroatoms. The van der Waals surface area contributed by atoms with E-state index in [1.165, 1.54) is 0 Å². The minimum absolute atomic E-state index is 0.501. The van der Waals surface area contributed by atoms with Gasteiger partial charge in [-0.1, -0.05) is 139 Å². The van der Waals surface area contributed by atoms with E-state index in [2.05, 4.69) is 0 Å². The summed E-state index contributed by atoms with van der Waals surface area (Å²) in [6.45, 7) is 0. The van der Waals surface area contributed by atoms with Crippen molar-refractivity contribution in [2.45, 2.75) is 0 Å². The molecule has 1 nitrogen and oxygen atoms in total. The molecule has 0 aliphatic rings. The van der Waals surface area contributed by atoms with Crippen LogP contribution in [0.5, 0.6) is 0 Å². The van der Waals surface area contributed by atoms with Crippen molar-refractivity contribution < 1.29 is 42.8 Å². The van der Waals surface area contributed by atoms with E-state index in [9.17, 15) is 13.7 Å². The van der Waals surface area contributed by atoms with Crippen molar-refractivity contribution in [2.24, 2.45) is 0 Å². The molecule has 8 aromatic carbocycles. The predicted molar refractivity (Wildman–Crippen MR) is 190 cm³/mol. The summed E-state index contributed by atoms with van der Waals surface area (Å²) < 4.78 is 255. The highest BCUT2D eigenvalue weighted by atomic mass is 16.3. The number of hydrogen-bond acceptors (Lipinski definition) is 1. The zero-order chi connectivity index (χ0) is 54.1. The monoisotopic (exact) mass is 600 g/mol. The van der Waals surface area contributed by atoms with Gasteiger partial charge in [0, 0.05) is 10.8 Å². The van der Waals surface area contributed by atoms with E-state index in [1.807, 2.05) is 0 Å². The Bertz CT molecular complexity index is 3980. The minimum Gasteiger partial charge on any atom is -0.456 e. The van der Waals surface area contributed by atoms with E-state index in [0.717, 1.165) is 0 Å². The van der Waals surface area contributed by atoms with Crippen LogP contribution in [0.4, 0.5) is 0 Å². The van der Waals surface area contributed by atoms with Crippen LogP contribution in [-0.4, -0.2) is 0 Å².